The van der Waals surface area contributed by atoms with Crippen molar-refractivity contribution < 1.29 is 0 Å². The van der Waals surface area contributed by atoms with E-state index in [1.54, 1.807) is 30.4 Å². The summed E-state index contributed by atoms with van der Waals surface area (Å²) in [5.41, 5.74) is 0. The molecule has 0 aliphatic rings. The standard InChI is InChI=1S/2C4H6.C3H3N/c2*1-3-4-2;1-2-3-4/h2*3-4H,1-2H2;2H,1H2. The van der Waals surface area contributed by atoms with E-state index >= 15 is 0 Å². The molecule has 0 bridgehead atoms. The molecule has 1 nitrogen and oxygen atoms in total. The Kier molecular flexibility index (Phi) is 48.7. The lowest BCUT2D eigenvalue weighted by Crippen LogP contribution is -1.23. The van der Waals surface area contributed by atoms with Crippen molar-refractivity contribution in [1.82, 2.24) is 0 Å². The quantitative estimate of drug-likeness (QED) is 0.449. The Labute approximate surface area is 75.3 Å². The van der Waals surface area contributed by atoms with Gasteiger partial charge in [-0.05, 0) is 0 Å². The van der Waals surface area contributed by atoms with Gasteiger partial charge in [0, 0.05) is 6.08 Å². The van der Waals surface area contributed by atoms with E-state index in [9.17, 15) is 0 Å². The van der Waals surface area contributed by atoms with E-state index in [0.717, 1.165) is 0 Å². The van der Waals surface area contributed by atoms with Gasteiger partial charge >= 0.3 is 0 Å². The molecule has 0 amide bonds. The third-order valence-electron chi connectivity index (χ3n) is 0.425. The average Bonchev–Trinajstić information content (AvgIpc) is 2.18. The van der Waals surface area contributed by atoms with E-state index in [-0.39, 0.29) is 0 Å². The first-order valence-corrected chi connectivity index (χ1v) is 3.22. The van der Waals surface area contributed by atoms with Gasteiger partial charge in [-0.25, -0.2) is 0 Å². The van der Waals surface area contributed by atoms with Crippen LogP contribution in [0.5, 0.6) is 0 Å². The summed E-state index contributed by atoms with van der Waals surface area (Å²) in [6.07, 6.45) is 7.74. The Balaban J connectivity index is -0.000000101. The van der Waals surface area contributed by atoms with Crippen LogP contribution in [0.25, 0.3) is 0 Å². The van der Waals surface area contributed by atoms with E-state index in [1.807, 2.05) is 0 Å². The van der Waals surface area contributed by atoms with Crippen LogP contribution in [-0.2, 0) is 0 Å². The minimum atomic E-state index is 1.18. The third kappa shape index (κ3) is 299. The van der Waals surface area contributed by atoms with Gasteiger partial charge in [-0.15, -0.1) is 0 Å². The van der Waals surface area contributed by atoms with Crippen molar-refractivity contribution in [2.24, 2.45) is 0 Å². The first kappa shape index (κ1) is 16.6. The molecular formula is C11H15N. The smallest absolute Gasteiger partial charge is 0.0905 e. The highest BCUT2D eigenvalue weighted by atomic mass is 14.2. The first-order valence-electron chi connectivity index (χ1n) is 3.22. The van der Waals surface area contributed by atoms with Crippen molar-refractivity contribution in [3.8, 4) is 6.07 Å². The molecule has 0 fully saturated rings. The van der Waals surface area contributed by atoms with Crippen LogP contribution in [0.3, 0.4) is 0 Å². The van der Waals surface area contributed by atoms with Crippen LogP contribution in [0.15, 0.2) is 63.3 Å². The molecule has 0 aliphatic carbocycles. The van der Waals surface area contributed by atoms with Gasteiger partial charge in [0.25, 0.3) is 0 Å². The molecule has 64 valence electrons. The summed E-state index contributed by atoms with van der Waals surface area (Å²) in [7, 11) is 0. The highest BCUT2D eigenvalue weighted by Gasteiger charge is 1.34. The zero-order valence-corrected chi connectivity index (χ0v) is 7.37. The number of allylic oxidation sites excluding steroid dienone is 5. The normalized spacial score (nSPS) is 4.58. The molecule has 0 aromatic rings. The van der Waals surface area contributed by atoms with Gasteiger partial charge in [-0.2, -0.15) is 5.26 Å². The number of rotatable bonds is 2. The molecule has 0 aliphatic heterocycles. The van der Waals surface area contributed by atoms with Crippen molar-refractivity contribution in [3.63, 3.8) is 0 Å². The molecule has 0 radical (unpaired) electrons. The van der Waals surface area contributed by atoms with E-state index in [0.29, 0.717) is 0 Å². The van der Waals surface area contributed by atoms with Gasteiger partial charge in [0.2, 0.25) is 0 Å². The number of hydrogen-bond acceptors (Lipinski definition) is 1. The molecule has 0 aromatic carbocycles. The van der Waals surface area contributed by atoms with Crippen LogP contribution in [-0.4, -0.2) is 0 Å². The van der Waals surface area contributed by atoms with E-state index in [1.165, 1.54) is 6.08 Å². The van der Waals surface area contributed by atoms with Crippen LogP contribution in [0.4, 0.5) is 0 Å². The number of nitriles is 1. The minimum absolute atomic E-state index is 1.18. The van der Waals surface area contributed by atoms with Crippen molar-refractivity contribution in [2.45, 2.75) is 0 Å². The Morgan fingerprint density at radius 2 is 0.917 bits per heavy atom. The topological polar surface area (TPSA) is 23.8 Å². The highest BCUT2D eigenvalue weighted by molar-refractivity contribution is 4.93. The van der Waals surface area contributed by atoms with E-state index in [2.05, 4.69) is 32.9 Å². The molecule has 12 heavy (non-hydrogen) atoms. The molecule has 0 saturated carbocycles. The Bertz CT molecular complexity index is 146. The fourth-order valence-corrected chi connectivity index (χ4v) is 0. The molecule has 0 unspecified atom stereocenters. The fourth-order valence-electron chi connectivity index (χ4n) is 0. The molecular weight excluding hydrogens is 146 g/mol. The minimum Gasteiger partial charge on any atom is -0.193 e. The van der Waals surface area contributed by atoms with Gasteiger partial charge in [-0.3, -0.25) is 0 Å². The van der Waals surface area contributed by atoms with Crippen LogP contribution in [0.2, 0.25) is 0 Å². The summed E-state index contributed by atoms with van der Waals surface area (Å²) < 4.78 is 0. The van der Waals surface area contributed by atoms with Crippen molar-refractivity contribution in [3.05, 3.63) is 63.3 Å². The lowest BCUT2D eigenvalue weighted by atomic mass is 10.6. The second kappa shape index (κ2) is 35.1. The maximum absolute atomic E-state index is 7.51. The molecule has 1 heteroatoms. The summed E-state index contributed by atoms with van der Waals surface area (Å²) in [6.45, 7) is 16.6. The number of hydrogen-bond donors (Lipinski definition) is 0. The van der Waals surface area contributed by atoms with Gasteiger partial charge in [0.15, 0.2) is 0 Å². The number of nitrogens with zero attached hydrogens (tertiary/aromatic N) is 1. The van der Waals surface area contributed by atoms with E-state index in [4.69, 9.17) is 5.26 Å². The lowest BCUT2D eigenvalue weighted by molar-refractivity contribution is 1.54. The van der Waals surface area contributed by atoms with Crippen LogP contribution in [0.1, 0.15) is 0 Å². The van der Waals surface area contributed by atoms with Crippen molar-refractivity contribution in [1.29, 1.82) is 5.26 Å². The zero-order valence-electron chi connectivity index (χ0n) is 7.37. The predicted molar refractivity (Wildman–Crippen MR) is 56.6 cm³/mol. The highest BCUT2D eigenvalue weighted by Crippen LogP contribution is 1.53. The summed E-state index contributed by atoms with van der Waals surface area (Å²) in [4.78, 5) is 0. The maximum Gasteiger partial charge on any atom is 0.0905 e. The molecule has 0 aromatic heterocycles. The molecule has 0 rings (SSSR count). The fraction of sp³-hybridized carbons (Fsp3) is 0. The van der Waals surface area contributed by atoms with Crippen molar-refractivity contribution in [2.75, 3.05) is 0 Å². The maximum atomic E-state index is 7.51. The van der Waals surface area contributed by atoms with Gasteiger partial charge in [0.05, 0.1) is 6.07 Å². The summed E-state index contributed by atoms with van der Waals surface area (Å²) in [5.74, 6) is 0. The largest absolute Gasteiger partial charge is 0.193 e. The van der Waals surface area contributed by atoms with Gasteiger partial charge in [-0.1, -0.05) is 57.2 Å². The predicted octanol–water partition coefficient (Wildman–Crippen LogP) is 3.41. The van der Waals surface area contributed by atoms with Crippen LogP contribution < -0.4 is 0 Å². The van der Waals surface area contributed by atoms with Crippen molar-refractivity contribution >= 4 is 0 Å². The molecule has 0 N–H and O–H groups in total. The van der Waals surface area contributed by atoms with Crippen LogP contribution >= 0.6 is 0 Å². The Hall–Kier alpha value is -1.81. The monoisotopic (exact) mass is 161 g/mol. The lowest BCUT2D eigenvalue weighted by Gasteiger charge is -1.44. The van der Waals surface area contributed by atoms with Crippen LogP contribution in [0, 0.1) is 11.3 Å². The molecule has 0 atom stereocenters. The Morgan fingerprint density at radius 3 is 0.917 bits per heavy atom. The zero-order chi connectivity index (χ0) is 10.2. The van der Waals surface area contributed by atoms with Gasteiger partial charge < -0.3 is 0 Å². The summed E-state index contributed by atoms with van der Waals surface area (Å²) in [6, 6.07) is 1.69. The SMILES string of the molecule is C=CC#N.C=CC=C.C=CC=C. The first-order chi connectivity index (χ1) is 5.74. The average molecular weight is 161 g/mol. The molecule has 0 heterocycles. The third-order valence-corrected chi connectivity index (χ3v) is 0.425. The molecule has 0 saturated heterocycles. The Morgan fingerprint density at radius 1 is 0.750 bits per heavy atom. The summed E-state index contributed by atoms with van der Waals surface area (Å²) >= 11 is 0. The second-order valence-electron chi connectivity index (χ2n) is 1.28. The second-order valence-corrected chi connectivity index (χ2v) is 1.28. The summed E-state index contributed by atoms with van der Waals surface area (Å²) in [5, 5.41) is 7.51. The van der Waals surface area contributed by atoms with Gasteiger partial charge in [0.1, 0.15) is 0 Å². The molecule has 0 spiro atoms. The van der Waals surface area contributed by atoms with E-state index < -0.39 is 0 Å².